The summed E-state index contributed by atoms with van der Waals surface area (Å²) in [5.41, 5.74) is 1.38. The molecule has 1 heterocycles. The highest BCUT2D eigenvalue weighted by Crippen LogP contribution is 2.41. The van der Waals surface area contributed by atoms with Crippen molar-refractivity contribution in [1.29, 1.82) is 5.41 Å². The lowest BCUT2D eigenvalue weighted by atomic mass is 9.84. The Morgan fingerprint density at radius 1 is 1.11 bits per heavy atom. The topological polar surface area (TPSA) is 109 Å². The van der Waals surface area contributed by atoms with E-state index in [9.17, 15) is 13.2 Å². The highest BCUT2D eigenvalue weighted by Gasteiger charge is 2.34. The fraction of sp³-hybridized carbons (Fsp3) is 0.481. The van der Waals surface area contributed by atoms with Gasteiger partial charge in [0.25, 0.3) is 0 Å². The second-order valence-electron chi connectivity index (χ2n) is 10.3. The van der Waals surface area contributed by atoms with Crippen molar-refractivity contribution in [2.45, 2.75) is 46.6 Å². The van der Waals surface area contributed by atoms with Crippen LogP contribution in [0.5, 0.6) is 17.2 Å². The Morgan fingerprint density at radius 2 is 1.74 bits per heavy atom. The molecule has 2 aromatic carbocycles. The van der Waals surface area contributed by atoms with Crippen LogP contribution in [-0.2, 0) is 22.1 Å². The van der Waals surface area contributed by atoms with Crippen molar-refractivity contribution in [3.05, 3.63) is 46.3 Å². The smallest absolute Gasteiger partial charge is 0.306 e. The monoisotopic (exact) mass is 549 g/mol. The minimum Gasteiger partial charge on any atom is -0.490 e. The number of Topliss-reactive ketones (excluding diaryl/α,β-unsaturated/α-hetero) is 1. The van der Waals surface area contributed by atoms with E-state index in [4.69, 9.17) is 19.1 Å². The molecule has 0 spiro atoms. The number of hydrogen-bond donors (Lipinski definition) is 1. The van der Waals surface area contributed by atoms with E-state index in [1.54, 1.807) is 51.0 Å². The van der Waals surface area contributed by atoms with Crippen LogP contribution in [0.2, 0.25) is 0 Å². The zero-order chi connectivity index (χ0) is 28.6. The molecule has 0 aliphatic carbocycles. The van der Waals surface area contributed by atoms with Crippen molar-refractivity contribution in [2.75, 3.05) is 45.0 Å². The number of nitrogens with zero attached hydrogens (tertiary/aromatic N) is 2. The predicted octanol–water partition coefficient (Wildman–Crippen LogP) is 4.35. The van der Waals surface area contributed by atoms with Gasteiger partial charge in [0.05, 0.1) is 37.3 Å². The van der Waals surface area contributed by atoms with Gasteiger partial charge in [-0.15, -0.1) is 0 Å². The van der Waals surface area contributed by atoms with Crippen molar-refractivity contribution in [2.24, 2.45) is 0 Å². The Hall–Kier alpha value is -3.34. The van der Waals surface area contributed by atoms with Crippen LogP contribution in [0.1, 0.15) is 61.7 Å². The fourth-order valence-electron chi connectivity index (χ4n) is 4.33. The minimum absolute atomic E-state index is 0.0436. The second kappa shape index (κ2) is 10.8. The fourth-order valence-corrected chi connectivity index (χ4v) is 4.80. The first-order valence-electron chi connectivity index (χ1n) is 12.3. The Kier molecular flexibility index (Phi) is 8.30. The molecule has 1 N–H and O–H groups in total. The van der Waals surface area contributed by atoms with Crippen molar-refractivity contribution < 1.29 is 31.3 Å². The molecule has 0 bridgehead atoms. The summed E-state index contributed by atoms with van der Waals surface area (Å²) in [5, 5.41) is 8.61. The summed E-state index contributed by atoms with van der Waals surface area (Å²) in [4.78, 5) is 16.7. The van der Waals surface area contributed by atoms with E-state index in [1.165, 1.54) is 4.90 Å². The van der Waals surface area contributed by atoms with Crippen LogP contribution < -0.4 is 18.6 Å². The number of nitrogens with one attached hydrogen (secondary N) is 1. The highest BCUT2D eigenvalue weighted by atomic mass is 32.2. The summed E-state index contributed by atoms with van der Waals surface area (Å²) in [5.74, 6) is -0.721. The summed E-state index contributed by atoms with van der Waals surface area (Å²) in [6.07, 6.45) is 0.974. The molecule has 3 rings (SSSR count). The van der Waals surface area contributed by atoms with Gasteiger partial charge in [-0.3, -0.25) is 10.2 Å². The first-order valence-corrected chi connectivity index (χ1v) is 14.1. The Bertz CT molecular complexity index is 1370. The lowest BCUT2D eigenvalue weighted by molar-refractivity contribution is 0.0962. The van der Waals surface area contributed by atoms with Gasteiger partial charge in [-0.1, -0.05) is 20.8 Å². The van der Waals surface area contributed by atoms with E-state index >= 15 is 4.39 Å². The van der Waals surface area contributed by atoms with Crippen molar-refractivity contribution in [3.63, 3.8) is 0 Å². The zero-order valence-corrected chi connectivity index (χ0v) is 24.0. The molecule has 0 saturated heterocycles. The number of amidine groups is 1. The van der Waals surface area contributed by atoms with Gasteiger partial charge < -0.3 is 23.5 Å². The second-order valence-corrected chi connectivity index (χ2v) is 11.9. The number of rotatable bonds is 10. The number of fused-ring (bicyclic) bond motifs is 1. The number of ether oxygens (including phenoxy) is 2. The largest absolute Gasteiger partial charge is 0.490 e. The predicted molar refractivity (Wildman–Crippen MR) is 145 cm³/mol. The third-order valence-electron chi connectivity index (χ3n) is 6.02. The molecule has 38 heavy (non-hydrogen) atoms. The van der Waals surface area contributed by atoms with E-state index in [1.807, 2.05) is 20.8 Å². The average molecular weight is 550 g/mol. The van der Waals surface area contributed by atoms with Crippen LogP contribution in [-0.4, -0.2) is 65.0 Å². The van der Waals surface area contributed by atoms with Crippen LogP contribution in [0.3, 0.4) is 0 Å². The van der Waals surface area contributed by atoms with Crippen LogP contribution in [0.15, 0.2) is 18.2 Å². The van der Waals surface area contributed by atoms with E-state index in [0.717, 1.165) is 6.26 Å². The summed E-state index contributed by atoms with van der Waals surface area (Å²) >= 11 is 0. The first kappa shape index (κ1) is 29.2. The van der Waals surface area contributed by atoms with Gasteiger partial charge >= 0.3 is 10.1 Å². The molecular weight excluding hydrogens is 513 g/mol. The Labute approximate surface area is 224 Å². The zero-order valence-electron chi connectivity index (χ0n) is 23.2. The molecule has 9 nitrogen and oxygen atoms in total. The maximum atomic E-state index is 15.4. The number of ketones is 1. The molecule has 0 unspecified atom stereocenters. The van der Waals surface area contributed by atoms with Gasteiger partial charge in [0.1, 0.15) is 5.84 Å². The molecular formula is C27H36FN3O6S. The molecule has 0 radical (unpaired) electrons. The molecule has 0 amide bonds. The van der Waals surface area contributed by atoms with E-state index in [2.05, 4.69) is 0 Å². The molecule has 0 saturated carbocycles. The number of anilines is 1. The van der Waals surface area contributed by atoms with E-state index < -0.39 is 21.4 Å². The van der Waals surface area contributed by atoms with E-state index in [0.29, 0.717) is 29.0 Å². The standard InChI is InChI=1S/C27H36FN3O6S/c1-9-35-21-13-17-14-31(26(29)22(17)23(28)25(21)36-10-2)15-20(32)16-11-18(27(3,4)5)24(37-38(8,33)34)19(12-16)30(6)7/h11-13,29H,9-10,14-15H2,1-8H3. The highest BCUT2D eigenvalue weighted by molar-refractivity contribution is 7.86. The van der Waals surface area contributed by atoms with E-state index in [-0.39, 0.29) is 54.1 Å². The summed E-state index contributed by atoms with van der Waals surface area (Å²) < 4.78 is 55.8. The van der Waals surface area contributed by atoms with Crippen LogP contribution in [0, 0.1) is 11.2 Å². The van der Waals surface area contributed by atoms with Gasteiger partial charge in [0.2, 0.25) is 0 Å². The normalized spacial score (nSPS) is 13.4. The third-order valence-corrected chi connectivity index (χ3v) is 6.49. The van der Waals surface area contributed by atoms with Gasteiger partial charge in [0.15, 0.2) is 28.8 Å². The molecule has 2 aromatic rings. The lowest BCUT2D eigenvalue weighted by Crippen LogP contribution is -2.31. The number of carbonyl (C=O) groups is 1. The third kappa shape index (κ3) is 6.03. The molecule has 0 fully saturated rings. The number of hydrogen-bond acceptors (Lipinski definition) is 8. The quantitative estimate of drug-likeness (QED) is 0.344. The maximum Gasteiger partial charge on any atom is 0.306 e. The van der Waals surface area contributed by atoms with Crippen LogP contribution in [0.4, 0.5) is 10.1 Å². The average Bonchev–Trinajstić information content (AvgIpc) is 3.09. The SMILES string of the molecule is CCOc1cc2c(c(F)c1OCC)C(=N)N(CC(=O)c1cc(N(C)C)c(OS(C)(=O)=O)c(C(C)(C)C)c1)C2. The van der Waals surface area contributed by atoms with Gasteiger partial charge in [0, 0.05) is 31.8 Å². The number of carbonyl (C=O) groups excluding carboxylic acids is 1. The minimum atomic E-state index is -3.83. The van der Waals surface area contributed by atoms with Gasteiger partial charge in [-0.25, -0.2) is 4.39 Å². The first-order chi connectivity index (χ1) is 17.6. The Balaban J connectivity index is 2.01. The van der Waals surface area contributed by atoms with Gasteiger partial charge in [-0.05, 0) is 43.0 Å². The summed E-state index contributed by atoms with van der Waals surface area (Å²) in [6.45, 7) is 9.74. The Morgan fingerprint density at radius 3 is 2.26 bits per heavy atom. The molecule has 1 aliphatic heterocycles. The summed E-state index contributed by atoms with van der Waals surface area (Å²) in [6, 6.07) is 4.86. The van der Waals surface area contributed by atoms with Crippen molar-refractivity contribution in [3.8, 4) is 17.2 Å². The molecule has 1 aliphatic rings. The van der Waals surface area contributed by atoms with Gasteiger partial charge in [-0.2, -0.15) is 8.42 Å². The van der Waals surface area contributed by atoms with Crippen LogP contribution in [0.25, 0.3) is 0 Å². The lowest BCUT2D eigenvalue weighted by Gasteiger charge is -2.27. The molecule has 208 valence electrons. The molecule has 11 heteroatoms. The molecule has 0 atom stereocenters. The number of benzene rings is 2. The van der Waals surface area contributed by atoms with Crippen molar-refractivity contribution >= 4 is 27.4 Å². The number of halogens is 1. The summed E-state index contributed by atoms with van der Waals surface area (Å²) in [7, 11) is -0.372. The van der Waals surface area contributed by atoms with Crippen molar-refractivity contribution in [1.82, 2.24) is 4.90 Å². The molecule has 0 aromatic heterocycles. The van der Waals surface area contributed by atoms with Crippen LogP contribution >= 0.6 is 0 Å². The maximum absolute atomic E-state index is 15.4.